The summed E-state index contributed by atoms with van der Waals surface area (Å²) in [6, 6.07) is 11.2. The maximum atomic E-state index is 12.1. The Morgan fingerprint density at radius 2 is 1.95 bits per heavy atom. The predicted octanol–water partition coefficient (Wildman–Crippen LogP) is 1.65. The fraction of sp³-hybridized carbons (Fsp3) is 0.125. The lowest BCUT2D eigenvalue weighted by molar-refractivity contribution is 0.0951. The van der Waals surface area contributed by atoms with Crippen molar-refractivity contribution in [2.45, 2.75) is 13.1 Å². The van der Waals surface area contributed by atoms with E-state index in [0.717, 1.165) is 11.1 Å². The molecule has 0 aliphatic heterocycles. The molecule has 6 heteroatoms. The minimum Gasteiger partial charge on any atom is -0.348 e. The van der Waals surface area contributed by atoms with Crippen molar-refractivity contribution in [2.24, 2.45) is 0 Å². The molecule has 0 atom stereocenters. The van der Waals surface area contributed by atoms with E-state index in [2.05, 4.69) is 20.4 Å². The highest BCUT2D eigenvalue weighted by atomic mass is 16.1. The number of nitrogens with one attached hydrogen (secondary N) is 1. The van der Waals surface area contributed by atoms with Gasteiger partial charge in [0.1, 0.15) is 12.7 Å². The molecular formula is C16H15N5O. The molecular weight excluding hydrogens is 278 g/mol. The van der Waals surface area contributed by atoms with E-state index in [0.29, 0.717) is 18.7 Å². The van der Waals surface area contributed by atoms with Gasteiger partial charge in [-0.1, -0.05) is 18.2 Å². The van der Waals surface area contributed by atoms with E-state index in [4.69, 9.17) is 0 Å². The van der Waals surface area contributed by atoms with Crippen LogP contribution in [-0.4, -0.2) is 25.7 Å². The molecule has 0 fully saturated rings. The lowest BCUT2D eigenvalue weighted by Crippen LogP contribution is -2.22. The molecule has 110 valence electrons. The molecule has 0 aliphatic carbocycles. The van der Waals surface area contributed by atoms with Crippen LogP contribution in [0.25, 0.3) is 0 Å². The number of hydrogen-bond donors (Lipinski definition) is 1. The van der Waals surface area contributed by atoms with Crippen molar-refractivity contribution in [3.8, 4) is 0 Å². The van der Waals surface area contributed by atoms with Crippen LogP contribution in [0.15, 0.2) is 61.4 Å². The van der Waals surface area contributed by atoms with Gasteiger partial charge in [-0.15, -0.1) is 0 Å². The van der Waals surface area contributed by atoms with E-state index in [9.17, 15) is 4.79 Å². The molecule has 0 radical (unpaired) electrons. The van der Waals surface area contributed by atoms with Crippen molar-refractivity contribution in [2.75, 3.05) is 0 Å². The third-order valence-corrected chi connectivity index (χ3v) is 3.20. The molecule has 0 saturated carbocycles. The Balaban J connectivity index is 1.59. The van der Waals surface area contributed by atoms with Crippen LogP contribution in [0.3, 0.4) is 0 Å². The highest BCUT2D eigenvalue weighted by molar-refractivity contribution is 5.94. The van der Waals surface area contributed by atoms with Crippen LogP contribution < -0.4 is 5.32 Å². The second-order valence-corrected chi connectivity index (χ2v) is 4.83. The molecule has 2 heterocycles. The van der Waals surface area contributed by atoms with E-state index in [1.807, 2.05) is 36.4 Å². The summed E-state index contributed by atoms with van der Waals surface area (Å²) in [5.74, 6) is -0.101. The van der Waals surface area contributed by atoms with Gasteiger partial charge in [-0.25, -0.2) is 9.67 Å². The van der Waals surface area contributed by atoms with Crippen molar-refractivity contribution in [3.63, 3.8) is 0 Å². The molecule has 1 aromatic carbocycles. The van der Waals surface area contributed by atoms with Crippen LogP contribution in [-0.2, 0) is 13.1 Å². The Morgan fingerprint density at radius 1 is 1.09 bits per heavy atom. The van der Waals surface area contributed by atoms with Crippen molar-refractivity contribution in [1.29, 1.82) is 0 Å². The van der Waals surface area contributed by atoms with E-state index in [-0.39, 0.29) is 5.91 Å². The van der Waals surface area contributed by atoms with Crippen LogP contribution in [0.5, 0.6) is 0 Å². The van der Waals surface area contributed by atoms with Crippen molar-refractivity contribution in [3.05, 3.63) is 78.1 Å². The molecule has 1 N–H and O–H groups in total. The van der Waals surface area contributed by atoms with Crippen LogP contribution in [0, 0.1) is 0 Å². The number of pyridine rings is 1. The first-order chi connectivity index (χ1) is 10.8. The first kappa shape index (κ1) is 13.9. The van der Waals surface area contributed by atoms with Gasteiger partial charge in [0.05, 0.1) is 6.54 Å². The van der Waals surface area contributed by atoms with Gasteiger partial charge >= 0.3 is 0 Å². The number of hydrogen-bond acceptors (Lipinski definition) is 4. The Labute approximate surface area is 127 Å². The molecule has 1 amide bonds. The third-order valence-electron chi connectivity index (χ3n) is 3.20. The van der Waals surface area contributed by atoms with E-state index in [1.54, 1.807) is 23.4 Å². The number of amides is 1. The molecule has 0 unspecified atom stereocenters. The molecule has 3 aromatic rings. The number of rotatable bonds is 5. The van der Waals surface area contributed by atoms with Gasteiger partial charge in [0.25, 0.3) is 5.91 Å². The second-order valence-electron chi connectivity index (χ2n) is 4.83. The molecule has 22 heavy (non-hydrogen) atoms. The summed E-state index contributed by atoms with van der Waals surface area (Å²) in [5.41, 5.74) is 2.67. The summed E-state index contributed by atoms with van der Waals surface area (Å²) in [4.78, 5) is 20.0. The SMILES string of the molecule is O=C(NCc1cccnc1)c1ccc(Cn2cncn2)cc1. The number of carbonyl (C=O) groups excluding carboxylic acids is 1. The van der Waals surface area contributed by atoms with E-state index >= 15 is 0 Å². The molecule has 2 aromatic heterocycles. The van der Waals surface area contributed by atoms with Gasteiger partial charge < -0.3 is 5.32 Å². The Kier molecular flexibility index (Phi) is 4.20. The van der Waals surface area contributed by atoms with Gasteiger partial charge in [-0.2, -0.15) is 5.10 Å². The average molecular weight is 293 g/mol. The van der Waals surface area contributed by atoms with Gasteiger partial charge in [0.15, 0.2) is 0 Å². The highest BCUT2D eigenvalue weighted by Gasteiger charge is 2.05. The zero-order chi connectivity index (χ0) is 15.2. The van der Waals surface area contributed by atoms with Crippen LogP contribution in [0.4, 0.5) is 0 Å². The summed E-state index contributed by atoms with van der Waals surface area (Å²) < 4.78 is 1.73. The average Bonchev–Trinajstić information content (AvgIpc) is 3.07. The zero-order valence-electron chi connectivity index (χ0n) is 11.9. The van der Waals surface area contributed by atoms with Crippen molar-refractivity contribution >= 4 is 5.91 Å². The van der Waals surface area contributed by atoms with E-state index < -0.39 is 0 Å². The molecule has 0 bridgehead atoms. The van der Waals surface area contributed by atoms with Crippen LogP contribution in [0.1, 0.15) is 21.5 Å². The number of nitrogens with zero attached hydrogens (tertiary/aromatic N) is 4. The first-order valence-electron chi connectivity index (χ1n) is 6.90. The minimum atomic E-state index is -0.101. The molecule has 6 nitrogen and oxygen atoms in total. The monoisotopic (exact) mass is 293 g/mol. The van der Waals surface area contributed by atoms with Crippen LogP contribution >= 0.6 is 0 Å². The lowest BCUT2D eigenvalue weighted by Gasteiger charge is -2.06. The largest absolute Gasteiger partial charge is 0.348 e. The summed E-state index contributed by atoms with van der Waals surface area (Å²) in [6.07, 6.45) is 6.61. The van der Waals surface area contributed by atoms with Gasteiger partial charge in [0.2, 0.25) is 0 Å². The van der Waals surface area contributed by atoms with E-state index in [1.165, 1.54) is 6.33 Å². The standard InChI is InChI=1S/C16H15N5O/c22-16(19-9-14-2-1-7-17-8-14)15-5-3-13(4-6-15)10-21-12-18-11-20-21/h1-8,11-12H,9-10H2,(H,19,22). The summed E-state index contributed by atoms with van der Waals surface area (Å²) in [5, 5.41) is 6.93. The van der Waals surface area contributed by atoms with Gasteiger partial charge in [-0.3, -0.25) is 9.78 Å². The topological polar surface area (TPSA) is 72.7 Å². The van der Waals surface area contributed by atoms with Gasteiger partial charge in [0, 0.05) is 24.5 Å². The van der Waals surface area contributed by atoms with Gasteiger partial charge in [-0.05, 0) is 29.3 Å². The maximum Gasteiger partial charge on any atom is 0.251 e. The second kappa shape index (κ2) is 6.62. The van der Waals surface area contributed by atoms with Crippen molar-refractivity contribution in [1.82, 2.24) is 25.1 Å². The summed E-state index contributed by atoms with van der Waals surface area (Å²) in [7, 11) is 0. The first-order valence-corrected chi connectivity index (χ1v) is 6.90. The Hall–Kier alpha value is -3.02. The van der Waals surface area contributed by atoms with Crippen LogP contribution in [0.2, 0.25) is 0 Å². The Morgan fingerprint density at radius 3 is 2.64 bits per heavy atom. The third kappa shape index (κ3) is 3.54. The predicted molar refractivity (Wildman–Crippen MR) is 81.0 cm³/mol. The fourth-order valence-electron chi connectivity index (χ4n) is 2.05. The molecule has 0 saturated heterocycles. The zero-order valence-corrected chi connectivity index (χ0v) is 11.9. The summed E-state index contributed by atoms with van der Waals surface area (Å²) in [6.45, 7) is 1.10. The number of carbonyl (C=O) groups is 1. The minimum absolute atomic E-state index is 0.101. The molecule has 0 aliphatic rings. The van der Waals surface area contributed by atoms with Crippen molar-refractivity contribution < 1.29 is 4.79 Å². The number of aromatic nitrogens is 4. The fourth-order valence-corrected chi connectivity index (χ4v) is 2.05. The Bertz CT molecular complexity index is 723. The normalized spacial score (nSPS) is 10.4. The smallest absolute Gasteiger partial charge is 0.251 e. The maximum absolute atomic E-state index is 12.1. The molecule has 0 spiro atoms. The summed E-state index contributed by atoms with van der Waals surface area (Å²) >= 11 is 0. The molecule has 3 rings (SSSR count). The number of benzene rings is 1. The lowest BCUT2D eigenvalue weighted by atomic mass is 10.1. The highest BCUT2D eigenvalue weighted by Crippen LogP contribution is 2.06. The quantitative estimate of drug-likeness (QED) is 0.776.